The number of fused-ring (bicyclic) bond motifs is 1. The molecule has 0 saturated carbocycles. The monoisotopic (exact) mass is 404 g/mol. The lowest BCUT2D eigenvalue weighted by molar-refractivity contribution is 0.0950. The van der Waals surface area contributed by atoms with Crippen molar-refractivity contribution in [3.63, 3.8) is 0 Å². The predicted octanol–water partition coefficient (Wildman–Crippen LogP) is 2.69. The average Bonchev–Trinajstić information content (AvgIpc) is 3.40. The average molecular weight is 405 g/mol. The summed E-state index contributed by atoms with van der Waals surface area (Å²) < 4.78 is 0. The summed E-state index contributed by atoms with van der Waals surface area (Å²) in [5, 5.41) is 23.8. The van der Waals surface area contributed by atoms with Crippen molar-refractivity contribution >= 4 is 5.91 Å². The quantitative estimate of drug-likeness (QED) is 0.413. The Bertz CT molecular complexity index is 967. The maximum absolute atomic E-state index is 12.4. The minimum absolute atomic E-state index is 0.0830. The molecule has 0 fully saturated rings. The number of aromatic amines is 1. The highest BCUT2D eigenvalue weighted by molar-refractivity contribution is 5.94. The third-order valence-corrected chi connectivity index (χ3v) is 5.64. The Labute approximate surface area is 176 Å². The molecule has 0 bridgehead atoms. The molecule has 1 aliphatic rings. The Hall–Kier alpha value is -2.96. The maximum atomic E-state index is 12.4. The highest BCUT2D eigenvalue weighted by Gasteiger charge is 2.18. The van der Waals surface area contributed by atoms with Crippen molar-refractivity contribution in [2.45, 2.75) is 38.3 Å². The van der Waals surface area contributed by atoms with Crippen molar-refractivity contribution in [3.8, 4) is 0 Å². The van der Waals surface area contributed by atoms with Crippen LogP contribution in [-0.2, 0) is 25.8 Å². The Morgan fingerprint density at radius 1 is 1.10 bits per heavy atom. The van der Waals surface area contributed by atoms with E-state index < -0.39 is 6.10 Å². The van der Waals surface area contributed by atoms with Gasteiger partial charge in [-0.15, -0.1) is 0 Å². The normalized spacial score (nSPS) is 13.8. The van der Waals surface area contributed by atoms with Gasteiger partial charge < -0.3 is 15.7 Å². The molecule has 1 heterocycles. The smallest absolute Gasteiger partial charge is 0.251 e. The molecule has 0 aliphatic heterocycles. The Morgan fingerprint density at radius 2 is 1.90 bits per heavy atom. The SMILES string of the molecule is O=C(NCc1n[nH]c2c1CCC2)c1ccc(CCNC[C@H](O)c2ccccc2)cc1. The number of amides is 1. The number of nitrogens with one attached hydrogen (secondary N) is 3. The molecule has 6 heteroatoms. The van der Waals surface area contributed by atoms with Gasteiger partial charge in [0.15, 0.2) is 0 Å². The van der Waals surface area contributed by atoms with Gasteiger partial charge in [0.2, 0.25) is 0 Å². The van der Waals surface area contributed by atoms with Crippen LogP contribution in [0.4, 0.5) is 0 Å². The summed E-state index contributed by atoms with van der Waals surface area (Å²) in [7, 11) is 0. The zero-order chi connectivity index (χ0) is 20.8. The molecule has 4 N–H and O–H groups in total. The maximum Gasteiger partial charge on any atom is 0.251 e. The molecular formula is C24H28N4O2. The van der Waals surface area contributed by atoms with Gasteiger partial charge in [-0.1, -0.05) is 42.5 Å². The van der Waals surface area contributed by atoms with E-state index in [1.54, 1.807) is 0 Å². The molecule has 0 saturated heterocycles. The van der Waals surface area contributed by atoms with Crippen molar-refractivity contribution in [2.24, 2.45) is 0 Å². The number of aryl methyl sites for hydroxylation is 1. The van der Waals surface area contributed by atoms with Crippen LogP contribution in [-0.4, -0.2) is 34.3 Å². The van der Waals surface area contributed by atoms with Crippen LogP contribution in [0.2, 0.25) is 0 Å². The summed E-state index contributed by atoms with van der Waals surface area (Å²) >= 11 is 0. The zero-order valence-corrected chi connectivity index (χ0v) is 17.0. The first-order valence-electron chi connectivity index (χ1n) is 10.6. The number of nitrogens with zero attached hydrogens (tertiary/aromatic N) is 1. The minimum atomic E-state index is -0.506. The van der Waals surface area contributed by atoms with Crippen molar-refractivity contribution < 1.29 is 9.90 Å². The van der Waals surface area contributed by atoms with Crippen LogP contribution in [0, 0.1) is 0 Å². The summed E-state index contributed by atoms with van der Waals surface area (Å²) in [6.07, 6.45) is 3.59. The van der Waals surface area contributed by atoms with E-state index >= 15 is 0 Å². The highest BCUT2D eigenvalue weighted by atomic mass is 16.3. The lowest BCUT2D eigenvalue weighted by atomic mass is 10.1. The highest BCUT2D eigenvalue weighted by Crippen LogP contribution is 2.22. The van der Waals surface area contributed by atoms with E-state index in [1.165, 1.54) is 11.3 Å². The number of hydrogen-bond acceptors (Lipinski definition) is 4. The van der Waals surface area contributed by atoms with E-state index in [1.807, 2.05) is 54.6 Å². The fraction of sp³-hybridized carbons (Fsp3) is 0.333. The number of aliphatic hydroxyl groups excluding tert-OH is 1. The molecule has 1 amide bonds. The molecule has 4 rings (SSSR count). The van der Waals surface area contributed by atoms with E-state index in [-0.39, 0.29) is 5.91 Å². The van der Waals surface area contributed by atoms with Crippen LogP contribution in [0.15, 0.2) is 54.6 Å². The van der Waals surface area contributed by atoms with Crippen LogP contribution in [0.5, 0.6) is 0 Å². The number of hydrogen-bond donors (Lipinski definition) is 4. The molecule has 1 aliphatic carbocycles. The van der Waals surface area contributed by atoms with Gasteiger partial charge in [0, 0.05) is 17.8 Å². The van der Waals surface area contributed by atoms with Crippen LogP contribution in [0.1, 0.15) is 51.0 Å². The molecular weight excluding hydrogens is 376 g/mol. The van der Waals surface area contributed by atoms with Crippen LogP contribution < -0.4 is 10.6 Å². The van der Waals surface area contributed by atoms with Gasteiger partial charge in [0.1, 0.15) is 0 Å². The number of aromatic nitrogens is 2. The van der Waals surface area contributed by atoms with Gasteiger partial charge in [0.05, 0.1) is 18.3 Å². The summed E-state index contributed by atoms with van der Waals surface area (Å²) in [6, 6.07) is 17.3. The van der Waals surface area contributed by atoms with Crippen molar-refractivity contribution in [1.29, 1.82) is 0 Å². The van der Waals surface area contributed by atoms with Crippen LogP contribution in [0.3, 0.4) is 0 Å². The third kappa shape index (κ3) is 4.96. The second-order valence-electron chi connectivity index (χ2n) is 7.74. The van der Waals surface area contributed by atoms with Gasteiger partial charge in [-0.3, -0.25) is 9.89 Å². The topological polar surface area (TPSA) is 90.0 Å². The van der Waals surface area contributed by atoms with Gasteiger partial charge in [-0.2, -0.15) is 5.10 Å². The van der Waals surface area contributed by atoms with Gasteiger partial charge in [0.25, 0.3) is 5.91 Å². The van der Waals surface area contributed by atoms with Gasteiger partial charge in [-0.25, -0.2) is 0 Å². The number of H-pyrrole nitrogens is 1. The molecule has 0 unspecified atom stereocenters. The predicted molar refractivity (Wildman–Crippen MR) is 116 cm³/mol. The van der Waals surface area contributed by atoms with Crippen molar-refractivity contribution in [3.05, 3.63) is 88.2 Å². The first-order valence-corrected chi connectivity index (χ1v) is 10.6. The molecule has 6 nitrogen and oxygen atoms in total. The van der Waals surface area contributed by atoms with Crippen molar-refractivity contribution in [1.82, 2.24) is 20.8 Å². The lowest BCUT2D eigenvalue weighted by Gasteiger charge is -2.12. The van der Waals surface area contributed by atoms with Crippen LogP contribution in [0.25, 0.3) is 0 Å². The molecule has 1 atom stereocenters. The lowest BCUT2D eigenvalue weighted by Crippen LogP contribution is -2.24. The number of rotatable bonds is 9. The number of benzene rings is 2. The molecule has 30 heavy (non-hydrogen) atoms. The summed E-state index contributed by atoms with van der Waals surface area (Å²) in [6.45, 7) is 1.74. The minimum Gasteiger partial charge on any atom is -0.387 e. The molecule has 2 aromatic carbocycles. The van der Waals surface area contributed by atoms with E-state index in [9.17, 15) is 9.90 Å². The fourth-order valence-corrected chi connectivity index (χ4v) is 3.89. The van der Waals surface area contributed by atoms with E-state index in [0.29, 0.717) is 18.7 Å². The van der Waals surface area contributed by atoms with E-state index in [0.717, 1.165) is 49.0 Å². The Kier molecular flexibility index (Phi) is 6.57. The van der Waals surface area contributed by atoms with Crippen molar-refractivity contribution in [2.75, 3.05) is 13.1 Å². The van der Waals surface area contributed by atoms with Gasteiger partial charge in [-0.05, 0) is 61.1 Å². The van der Waals surface area contributed by atoms with E-state index in [2.05, 4.69) is 20.8 Å². The Balaban J connectivity index is 1.20. The number of carbonyl (C=O) groups excluding carboxylic acids is 1. The molecule has 0 spiro atoms. The first kappa shape index (κ1) is 20.3. The third-order valence-electron chi connectivity index (χ3n) is 5.64. The van der Waals surface area contributed by atoms with Crippen LogP contribution >= 0.6 is 0 Å². The zero-order valence-electron chi connectivity index (χ0n) is 17.0. The molecule has 3 aromatic rings. The number of aliphatic hydroxyl groups is 1. The van der Waals surface area contributed by atoms with Gasteiger partial charge >= 0.3 is 0 Å². The second-order valence-corrected chi connectivity index (χ2v) is 7.74. The standard InChI is InChI=1S/C24H28N4O2/c29-23(18-5-2-1-3-6-18)16-25-14-13-17-9-11-19(12-10-17)24(30)26-15-22-20-7-4-8-21(20)27-28-22/h1-3,5-6,9-12,23,25,29H,4,7-8,13-16H2,(H,26,30)(H,27,28)/t23-/m0/s1. The largest absolute Gasteiger partial charge is 0.387 e. The molecule has 0 radical (unpaired) electrons. The molecule has 1 aromatic heterocycles. The summed E-state index contributed by atoms with van der Waals surface area (Å²) in [4.78, 5) is 12.4. The second kappa shape index (κ2) is 9.69. The number of carbonyl (C=O) groups is 1. The van der Waals surface area contributed by atoms with E-state index in [4.69, 9.17) is 0 Å². The molecule has 156 valence electrons. The fourth-order valence-electron chi connectivity index (χ4n) is 3.89. The summed E-state index contributed by atoms with van der Waals surface area (Å²) in [5.74, 6) is -0.0830. The summed E-state index contributed by atoms with van der Waals surface area (Å²) in [5.41, 5.74) is 6.16. The Morgan fingerprint density at radius 3 is 2.70 bits per heavy atom. The first-order chi connectivity index (χ1) is 14.7.